The highest BCUT2D eigenvalue weighted by Gasteiger charge is 2.26. The van der Waals surface area contributed by atoms with Gasteiger partial charge in [-0.3, -0.25) is 24.6 Å². The molecule has 8 nitrogen and oxygen atoms in total. The van der Waals surface area contributed by atoms with Gasteiger partial charge in [-0.2, -0.15) is 0 Å². The van der Waals surface area contributed by atoms with Gasteiger partial charge < -0.3 is 4.74 Å². The highest BCUT2D eigenvalue weighted by Crippen LogP contribution is 2.31. The third-order valence-electron chi connectivity index (χ3n) is 5.76. The van der Waals surface area contributed by atoms with Crippen LogP contribution in [0.1, 0.15) is 26.5 Å². The van der Waals surface area contributed by atoms with E-state index in [-0.39, 0.29) is 17.7 Å². The van der Waals surface area contributed by atoms with Gasteiger partial charge in [0.2, 0.25) is 0 Å². The van der Waals surface area contributed by atoms with Gasteiger partial charge >= 0.3 is 0 Å². The highest BCUT2D eigenvalue weighted by atomic mass is 32.2. The summed E-state index contributed by atoms with van der Waals surface area (Å²) in [7, 11) is 1.62. The van der Waals surface area contributed by atoms with Crippen LogP contribution in [-0.4, -0.2) is 34.1 Å². The number of nitrogens with zero attached hydrogens (tertiary/aromatic N) is 3. The zero-order valence-electron chi connectivity index (χ0n) is 20.5. The minimum atomic E-state index is -0.398. The molecule has 190 valence electrons. The van der Waals surface area contributed by atoms with Gasteiger partial charge in [0.05, 0.1) is 24.3 Å². The molecule has 0 atom stereocenters. The Morgan fingerprint density at radius 3 is 2.45 bits per heavy atom. The number of imide groups is 1. The number of rotatable bonds is 7. The largest absolute Gasteiger partial charge is 0.497 e. The van der Waals surface area contributed by atoms with E-state index in [1.807, 2.05) is 61.5 Å². The number of nitrogens with one attached hydrogen (secondary N) is 1. The van der Waals surface area contributed by atoms with Crippen LogP contribution in [0.4, 0.5) is 10.6 Å². The fourth-order valence-corrected chi connectivity index (χ4v) is 5.52. The number of thiazole rings is 1. The van der Waals surface area contributed by atoms with Gasteiger partial charge in [0, 0.05) is 11.8 Å². The quantitative estimate of drug-likeness (QED) is 0.299. The molecule has 1 fully saturated rings. The molecule has 2 aromatic heterocycles. The third kappa shape index (κ3) is 5.51. The Bertz CT molecular complexity index is 1530. The molecule has 0 spiro atoms. The van der Waals surface area contributed by atoms with Gasteiger partial charge in [-0.25, -0.2) is 9.97 Å². The molecular formula is C28H22N4O4S2. The molecule has 0 aliphatic carbocycles. The second kappa shape index (κ2) is 11.0. The van der Waals surface area contributed by atoms with Gasteiger partial charge in [0.1, 0.15) is 21.5 Å². The van der Waals surface area contributed by atoms with Crippen molar-refractivity contribution >= 4 is 52.0 Å². The number of thioether (sulfide) groups is 1. The van der Waals surface area contributed by atoms with Crippen LogP contribution in [0.5, 0.6) is 5.75 Å². The van der Waals surface area contributed by atoms with Crippen LogP contribution in [0.15, 0.2) is 77.8 Å². The molecule has 1 saturated heterocycles. The molecule has 1 N–H and O–H groups in total. The van der Waals surface area contributed by atoms with Crippen LogP contribution < -0.4 is 15.0 Å². The number of amides is 3. The van der Waals surface area contributed by atoms with E-state index >= 15 is 0 Å². The molecule has 0 bridgehead atoms. The predicted octanol–water partition coefficient (Wildman–Crippen LogP) is 5.69. The van der Waals surface area contributed by atoms with Crippen LogP contribution >= 0.6 is 23.1 Å². The van der Waals surface area contributed by atoms with Crippen molar-refractivity contribution in [3.63, 3.8) is 0 Å². The monoisotopic (exact) mass is 542 g/mol. The van der Waals surface area contributed by atoms with E-state index in [1.165, 1.54) is 11.3 Å². The number of aromatic nitrogens is 2. The zero-order valence-corrected chi connectivity index (χ0v) is 22.1. The van der Waals surface area contributed by atoms with Crippen molar-refractivity contribution in [2.45, 2.75) is 13.5 Å². The minimum Gasteiger partial charge on any atom is -0.497 e. The lowest BCUT2D eigenvalue weighted by Crippen LogP contribution is -2.31. The summed E-state index contributed by atoms with van der Waals surface area (Å²) >= 11 is 2.22. The minimum absolute atomic E-state index is 0.192. The Balaban J connectivity index is 1.41. The Morgan fingerprint density at radius 1 is 1.05 bits per heavy atom. The fraction of sp³-hybridized carbons (Fsp3) is 0.107. The van der Waals surface area contributed by atoms with Crippen molar-refractivity contribution in [3.8, 4) is 16.3 Å². The average Bonchev–Trinajstić information content (AvgIpc) is 3.48. The van der Waals surface area contributed by atoms with E-state index < -0.39 is 5.91 Å². The number of anilines is 1. The number of carbonyl (C=O) groups excluding carboxylic acids is 3. The van der Waals surface area contributed by atoms with E-state index in [1.54, 1.807) is 36.4 Å². The topological polar surface area (TPSA) is 101 Å². The number of ether oxygens (including phenoxy) is 1. The molecule has 2 aromatic carbocycles. The second-order valence-electron chi connectivity index (χ2n) is 8.34. The van der Waals surface area contributed by atoms with Crippen molar-refractivity contribution in [3.05, 3.63) is 99.5 Å². The number of hydrogen-bond acceptors (Lipinski definition) is 8. The maximum atomic E-state index is 13.8. The van der Waals surface area contributed by atoms with Crippen molar-refractivity contribution in [2.75, 3.05) is 12.0 Å². The molecule has 5 rings (SSSR count). The SMILES string of the molecule is COc1ccc(-c2nc(C)c(C(=O)N(Cc3ccc(/C=C4/SC(=O)NC4=O)cc3)c3ccccn3)s2)cc1. The van der Waals surface area contributed by atoms with E-state index in [9.17, 15) is 14.4 Å². The van der Waals surface area contributed by atoms with Crippen LogP contribution in [-0.2, 0) is 11.3 Å². The van der Waals surface area contributed by atoms with E-state index in [4.69, 9.17) is 4.74 Å². The number of methoxy groups -OCH3 is 1. The third-order valence-corrected chi connectivity index (χ3v) is 7.76. The number of hydrogen-bond donors (Lipinski definition) is 1. The lowest BCUT2D eigenvalue weighted by atomic mass is 10.1. The van der Waals surface area contributed by atoms with Crippen LogP contribution in [0, 0.1) is 6.92 Å². The Labute approximate surface area is 227 Å². The molecule has 1 aliphatic rings. The highest BCUT2D eigenvalue weighted by molar-refractivity contribution is 8.18. The van der Waals surface area contributed by atoms with Crippen molar-refractivity contribution in [2.24, 2.45) is 0 Å². The maximum Gasteiger partial charge on any atom is 0.290 e. The molecule has 3 heterocycles. The number of carbonyl (C=O) groups is 3. The van der Waals surface area contributed by atoms with Gasteiger partial charge in [-0.05, 0) is 72.3 Å². The summed E-state index contributed by atoms with van der Waals surface area (Å²) in [6.07, 6.45) is 3.32. The summed E-state index contributed by atoms with van der Waals surface area (Å²) in [6.45, 7) is 2.12. The van der Waals surface area contributed by atoms with Gasteiger partial charge in [-0.15, -0.1) is 11.3 Å². The molecule has 0 saturated carbocycles. The Morgan fingerprint density at radius 2 is 1.82 bits per heavy atom. The summed E-state index contributed by atoms with van der Waals surface area (Å²) in [4.78, 5) is 48.7. The number of pyridine rings is 1. The Hall–Kier alpha value is -4.28. The summed E-state index contributed by atoms with van der Waals surface area (Å²) < 4.78 is 5.24. The van der Waals surface area contributed by atoms with Crippen LogP contribution in [0.2, 0.25) is 0 Å². The predicted molar refractivity (Wildman–Crippen MR) is 149 cm³/mol. The van der Waals surface area contributed by atoms with Gasteiger partial charge in [0.15, 0.2) is 0 Å². The van der Waals surface area contributed by atoms with Crippen molar-refractivity contribution in [1.82, 2.24) is 15.3 Å². The van der Waals surface area contributed by atoms with Crippen LogP contribution in [0.25, 0.3) is 16.6 Å². The van der Waals surface area contributed by atoms with E-state index in [0.29, 0.717) is 21.3 Å². The first-order chi connectivity index (χ1) is 18.4. The van der Waals surface area contributed by atoms with Crippen molar-refractivity contribution in [1.29, 1.82) is 0 Å². The first-order valence-corrected chi connectivity index (χ1v) is 13.2. The zero-order chi connectivity index (χ0) is 26.6. The van der Waals surface area contributed by atoms with Crippen molar-refractivity contribution < 1.29 is 19.1 Å². The van der Waals surface area contributed by atoms with Gasteiger partial charge in [-0.1, -0.05) is 30.3 Å². The first-order valence-electron chi connectivity index (χ1n) is 11.6. The lowest BCUT2D eigenvalue weighted by molar-refractivity contribution is -0.115. The van der Waals surface area contributed by atoms with E-state index in [2.05, 4.69) is 15.3 Å². The molecule has 38 heavy (non-hydrogen) atoms. The first kappa shape index (κ1) is 25.4. The fourth-order valence-electron chi connectivity index (χ4n) is 3.82. The summed E-state index contributed by atoms with van der Waals surface area (Å²) in [5.41, 5.74) is 3.21. The number of aryl methyl sites for hydroxylation is 1. The van der Waals surface area contributed by atoms with Crippen LogP contribution in [0.3, 0.4) is 0 Å². The lowest BCUT2D eigenvalue weighted by Gasteiger charge is -2.21. The summed E-state index contributed by atoms with van der Waals surface area (Å²) in [5, 5.41) is 2.62. The molecule has 1 aliphatic heterocycles. The summed E-state index contributed by atoms with van der Waals surface area (Å²) in [6, 6.07) is 20.5. The Kier molecular flexibility index (Phi) is 7.34. The maximum absolute atomic E-state index is 13.8. The molecule has 0 unspecified atom stereocenters. The van der Waals surface area contributed by atoms with Gasteiger partial charge in [0.25, 0.3) is 17.1 Å². The molecular weight excluding hydrogens is 520 g/mol. The summed E-state index contributed by atoms with van der Waals surface area (Å²) in [5.74, 6) is 0.688. The molecule has 3 amide bonds. The normalized spacial score (nSPS) is 14.0. The molecule has 4 aromatic rings. The van der Waals surface area contributed by atoms with E-state index in [0.717, 1.165) is 39.2 Å². The number of benzene rings is 2. The molecule has 0 radical (unpaired) electrons. The smallest absolute Gasteiger partial charge is 0.290 e. The second-order valence-corrected chi connectivity index (χ2v) is 10.3. The average molecular weight is 543 g/mol. The molecule has 10 heteroatoms. The standard InChI is InChI=1S/C28H22N4O4S2/c1-17-24(38-26(30-17)20-10-12-21(36-2)13-11-20)27(34)32(23-5-3-4-14-29-23)16-19-8-6-18(7-9-19)15-22-25(33)31-28(35)37-22/h3-15H,16H2,1-2H3,(H,31,33,35)/b22-15+.